The molecule has 1 aromatic rings. The summed E-state index contributed by atoms with van der Waals surface area (Å²) in [5, 5.41) is 0. The summed E-state index contributed by atoms with van der Waals surface area (Å²) in [7, 11) is 4.31. The zero-order valence-electron chi connectivity index (χ0n) is 11.1. The molecule has 20 heavy (non-hydrogen) atoms. The highest BCUT2D eigenvalue weighted by atomic mass is 35.7. The van der Waals surface area contributed by atoms with E-state index in [0.717, 1.165) is 0 Å². The van der Waals surface area contributed by atoms with E-state index in [1.54, 1.807) is 0 Å². The monoisotopic (exact) mass is 322 g/mol. The molecular formula is C12H15ClO6S. The second-order valence-electron chi connectivity index (χ2n) is 3.80. The normalized spacial score (nSPS) is 11.2. The smallest absolute Gasteiger partial charge is 0.310 e. The average molecular weight is 323 g/mol. The van der Waals surface area contributed by atoms with Crippen LogP contribution in [-0.2, 0) is 29.7 Å². The standard InChI is InChI=1S/C12H15ClO6S/c1-17-5-6-19-12(14)8-9-7-10(20(13,15)16)3-4-11(9)18-2/h3-4,7H,5-6,8H2,1-2H3. The fraction of sp³-hybridized carbons (Fsp3) is 0.417. The van der Waals surface area contributed by atoms with Gasteiger partial charge in [0.1, 0.15) is 12.4 Å². The van der Waals surface area contributed by atoms with Crippen LogP contribution in [0.4, 0.5) is 0 Å². The summed E-state index contributed by atoms with van der Waals surface area (Å²) >= 11 is 0. The molecule has 112 valence electrons. The number of halogens is 1. The number of methoxy groups -OCH3 is 2. The molecule has 0 saturated carbocycles. The summed E-state index contributed by atoms with van der Waals surface area (Å²) in [5.74, 6) is -0.123. The molecule has 0 aromatic heterocycles. The summed E-state index contributed by atoms with van der Waals surface area (Å²) in [4.78, 5) is 11.5. The molecule has 0 aliphatic carbocycles. The first kappa shape index (κ1) is 16.7. The van der Waals surface area contributed by atoms with Crippen molar-refractivity contribution in [2.45, 2.75) is 11.3 Å². The van der Waals surface area contributed by atoms with Crippen molar-refractivity contribution in [2.75, 3.05) is 27.4 Å². The Kier molecular flexibility index (Phi) is 6.25. The van der Waals surface area contributed by atoms with Crippen LogP contribution in [0.5, 0.6) is 5.75 Å². The lowest BCUT2D eigenvalue weighted by atomic mass is 10.1. The van der Waals surface area contributed by atoms with E-state index in [4.69, 9.17) is 24.9 Å². The van der Waals surface area contributed by atoms with Crippen molar-refractivity contribution >= 4 is 25.7 Å². The molecule has 0 aliphatic rings. The molecule has 1 rings (SSSR count). The zero-order chi connectivity index (χ0) is 15.2. The molecule has 1 aromatic carbocycles. The minimum absolute atomic E-state index is 0.0975. The van der Waals surface area contributed by atoms with E-state index < -0.39 is 15.0 Å². The summed E-state index contributed by atoms with van der Waals surface area (Å²) in [6, 6.07) is 4.03. The minimum Gasteiger partial charge on any atom is -0.496 e. The van der Waals surface area contributed by atoms with Crippen molar-refractivity contribution in [1.82, 2.24) is 0 Å². The van der Waals surface area contributed by atoms with Gasteiger partial charge in [-0.15, -0.1) is 0 Å². The van der Waals surface area contributed by atoms with Crippen molar-refractivity contribution in [3.8, 4) is 5.75 Å². The molecule has 0 atom stereocenters. The molecular weight excluding hydrogens is 308 g/mol. The van der Waals surface area contributed by atoms with Crippen LogP contribution in [0.1, 0.15) is 5.56 Å². The van der Waals surface area contributed by atoms with Gasteiger partial charge in [-0.05, 0) is 18.2 Å². The largest absolute Gasteiger partial charge is 0.496 e. The van der Waals surface area contributed by atoms with Gasteiger partial charge in [-0.2, -0.15) is 0 Å². The van der Waals surface area contributed by atoms with Crippen LogP contribution in [-0.4, -0.2) is 41.8 Å². The van der Waals surface area contributed by atoms with Crippen molar-refractivity contribution in [2.24, 2.45) is 0 Å². The van der Waals surface area contributed by atoms with E-state index in [2.05, 4.69) is 0 Å². The lowest BCUT2D eigenvalue weighted by Crippen LogP contribution is -2.12. The Labute approximate surface area is 122 Å². The molecule has 0 aliphatic heterocycles. The number of hydrogen-bond acceptors (Lipinski definition) is 6. The number of hydrogen-bond donors (Lipinski definition) is 0. The number of carbonyl (C=O) groups is 1. The number of benzene rings is 1. The van der Waals surface area contributed by atoms with Gasteiger partial charge in [0.25, 0.3) is 9.05 Å². The minimum atomic E-state index is -3.86. The van der Waals surface area contributed by atoms with Crippen LogP contribution in [0.3, 0.4) is 0 Å². The van der Waals surface area contributed by atoms with Crippen LogP contribution in [0.2, 0.25) is 0 Å². The lowest BCUT2D eigenvalue weighted by Gasteiger charge is -2.09. The third kappa shape index (κ3) is 4.99. The molecule has 0 amide bonds. The fourth-order valence-electron chi connectivity index (χ4n) is 1.49. The molecule has 0 N–H and O–H groups in total. The first-order chi connectivity index (χ1) is 9.38. The molecule has 0 heterocycles. The molecule has 0 bridgehead atoms. The van der Waals surface area contributed by atoms with Crippen molar-refractivity contribution < 1.29 is 27.4 Å². The van der Waals surface area contributed by atoms with Gasteiger partial charge in [-0.3, -0.25) is 4.79 Å². The first-order valence-corrected chi connectivity index (χ1v) is 7.95. The number of esters is 1. The molecule has 0 radical (unpaired) electrons. The van der Waals surface area contributed by atoms with Gasteiger partial charge in [0, 0.05) is 23.4 Å². The molecule has 0 fully saturated rings. The Morgan fingerprint density at radius 3 is 2.50 bits per heavy atom. The first-order valence-electron chi connectivity index (χ1n) is 5.64. The van der Waals surface area contributed by atoms with Crippen LogP contribution < -0.4 is 4.74 Å². The van der Waals surface area contributed by atoms with Gasteiger partial charge < -0.3 is 14.2 Å². The van der Waals surface area contributed by atoms with E-state index in [9.17, 15) is 13.2 Å². The Balaban J connectivity index is 2.89. The second kappa shape index (κ2) is 7.47. The summed E-state index contributed by atoms with van der Waals surface area (Å²) in [6.07, 6.45) is -0.118. The van der Waals surface area contributed by atoms with Gasteiger partial charge >= 0.3 is 5.97 Å². The maximum absolute atomic E-state index is 11.6. The number of ether oxygens (including phenoxy) is 3. The second-order valence-corrected chi connectivity index (χ2v) is 6.37. The summed E-state index contributed by atoms with van der Waals surface area (Å²) < 4.78 is 37.3. The van der Waals surface area contributed by atoms with Gasteiger partial charge in [0.05, 0.1) is 25.0 Å². The lowest BCUT2D eigenvalue weighted by molar-refractivity contribution is -0.144. The van der Waals surface area contributed by atoms with Gasteiger partial charge in [-0.1, -0.05) is 0 Å². The van der Waals surface area contributed by atoms with Crippen molar-refractivity contribution in [3.63, 3.8) is 0 Å². The Morgan fingerprint density at radius 1 is 1.25 bits per heavy atom. The van der Waals surface area contributed by atoms with Crippen LogP contribution in [0.15, 0.2) is 23.1 Å². The third-order valence-electron chi connectivity index (χ3n) is 2.42. The highest BCUT2D eigenvalue weighted by Crippen LogP contribution is 2.25. The maximum atomic E-state index is 11.6. The molecule has 0 saturated heterocycles. The van der Waals surface area contributed by atoms with Crippen molar-refractivity contribution in [3.05, 3.63) is 23.8 Å². The molecule has 8 heteroatoms. The molecule has 6 nitrogen and oxygen atoms in total. The number of carbonyl (C=O) groups excluding carboxylic acids is 1. The van der Waals surface area contributed by atoms with E-state index in [1.165, 1.54) is 32.4 Å². The van der Waals surface area contributed by atoms with E-state index >= 15 is 0 Å². The van der Waals surface area contributed by atoms with E-state index in [0.29, 0.717) is 17.9 Å². The zero-order valence-corrected chi connectivity index (χ0v) is 12.7. The highest BCUT2D eigenvalue weighted by molar-refractivity contribution is 8.13. The van der Waals surface area contributed by atoms with Gasteiger partial charge in [0.15, 0.2) is 0 Å². The van der Waals surface area contributed by atoms with E-state index in [-0.39, 0.29) is 17.9 Å². The molecule has 0 spiro atoms. The summed E-state index contributed by atoms with van der Waals surface area (Å²) in [5.41, 5.74) is 0.386. The average Bonchev–Trinajstić information content (AvgIpc) is 2.38. The quantitative estimate of drug-likeness (QED) is 0.428. The van der Waals surface area contributed by atoms with Gasteiger partial charge in [-0.25, -0.2) is 8.42 Å². The highest BCUT2D eigenvalue weighted by Gasteiger charge is 2.16. The van der Waals surface area contributed by atoms with E-state index in [1.807, 2.05) is 0 Å². The van der Waals surface area contributed by atoms with Gasteiger partial charge in [0.2, 0.25) is 0 Å². The number of rotatable bonds is 7. The maximum Gasteiger partial charge on any atom is 0.310 e. The van der Waals surface area contributed by atoms with Crippen LogP contribution in [0.25, 0.3) is 0 Å². The van der Waals surface area contributed by atoms with Crippen LogP contribution >= 0.6 is 10.7 Å². The molecule has 0 unspecified atom stereocenters. The topological polar surface area (TPSA) is 78.9 Å². The SMILES string of the molecule is COCCOC(=O)Cc1cc(S(=O)(=O)Cl)ccc1OC. The van der Waals surface area contributed by atoms with Crippen LogP contribution in [0, 0.1) is 0 Å². The van der Waals surface area contributed by atoms with Crippen molar-refractivity contribution in [1.29, 1.82) is 0 Å². The third-order valence-corrected chi connectivity index (χ3v) is 3.77. The Bertz CT molecular complexity index is 569. The Hall–Kier alpha value is -1.31. The Morgan fingerprint density at radius 2 is 1.95 bits per heavy atom. The predicted molar refractivity (Wildman–Crippen MR) is 72.6 cm³/mol. The fourth-order valence-corrected chi connectivity index (χ4v) is 2.29. The predicted octanol–water partition coefficient (Wildman–Crippen LogP) is 1.35. The summed E-state index contributed by atoms with van der Waals surface area (Å²) in [6.45, 7) is 0.421.